The number of hydrogen-bond donors (Lipinski definition) is 0. The lowest BCUT2D eigenvalue weighted by Crippen LogP contribution is -2.48. The topological polar surface area (TPSA) is 29.5 Å². The summed E-state index contributed by atoms with van der Waals surface area (Å²) in [5.74, 6) is 1.23. The molecule has 102 valence electrons. The van der Waals surface area contributed by atoms with Crippen LogP contribution in [0, 0.1) is 11.8 Å². The van der Waals surface area contributed by atoms with Crippen LogP contribution >= 0.6 is 0 Å². The molecule has 4 heteroatoms. The third-order valence-corrected chi connectivity index (χ3v) is 4.24. The van der Waals surface area contributed by atoms with E-state index in [1.54, 1.807) is 0 Å². The molecule has 0 aromatic rings. The lowest BCUT2D eigenvalue weighted by molar-refractivity contribution is -0.160. The Balaban J connectivity index is 2.13. The number of fused-ring (bicyclic) bond motifs is 1. The summed E-state index contributed by atoms with van der Waals surface area (Å²) in [4.78, 5) is 14.8. The van der Waals surface area contributed by atoms with E-state index >= 15 is 0 Å². The minimum atomic E-state index is -0.379. The van der Waals surface area contributed by atoms with Gasteiger partial charge in [0.25, 0.3) is 0 Å². The van der Waals surface area contributed by atoms with Crippen LogP contribution in [0.25, 0.3) is 0 Å². The predicted octanol–water partition coefficient (Wildman–Crippen LogP) is 2.68. The zero-order valence-corrected chi connectivity index (χ0v) is 12.4. The highest BCUT2D eigenvalue weighted by Crippen LogP contribution is 2.43. The Morgan fingerprint density at radius 3 is 2.50 bits per heavy atom. The molecule has 0 N–H and O–H groups in total. The zero-order valence-electron chi connectivity index (χ0n) is 12.4. The number of carbonyl (C=O) groups is 1. The lowest BCUT2D eigenvalue weighted by atomic mass is 9.65. The molecule has 0 aromatic heterocycles. The molecule has 0 amide bonds. The van der Waals surface area contributed by atoms with Gasteiger partial charge in [0.05, 0.1) is 0 Å². The Bertz CT molecular complexity index is 324. The van der Waals surface area contributed by atoms with Gasteiger partial charge in [-0.2, -0.15) is 0 Å². The third kappa shape index (κ3) is 2.74. The van der Waals surface area contributed by atoms with Crippen molar-refractivity contribution in [1.82, 2.24) is 4.81 Å². The molecule has 0 spiro atoms. The van der Waals surface area contributed by atoms with Gasteiger partial charge in [0.2, 0.25) is 6.85 Å². The molecule has 0 aromatic carbocycles. The maximum absolute atomic E-state index is 12.5. The van der Waals surface area contributed by atoms with Crippen LogP contribution in [0.15, 0.2) is 0 Å². The Hall–Kier alpha value is -0.505. The molecule has 2 aliphatic rings. The quantitative estimate of drug-likeness (QED) is 0.558. The van der Waals surface area contributed by atoms with Crippen molar-refractivity contribution >= 4 is 12.8 Å². The van der Waals surface area contributed by atoms with Gasteiger partial charge in [-0.05, 0) is 52.0 Å². The number of hydrogen-bond acceptors (Lipinski definition) is 3. The van der Waals surface area contributed by atoms with E-state index in [0.29, 0.717) is 18.7 Å². The van der Waals surface area contributed by atoms with E-state index in [-0.39, 0.29) is 17.6 Å². The number of ether oxygens (including phenoxy) is 1. The van der Waals surface area contributed by atoms with E-state index in [4.69, 9.17) is 4.74 Å². The summed E-state index contributed by atoms with van der Waals surface area (Å²) in [5, 5.41) is 0. The molecule has 0 radical (unpaired) electrons. The Morgan fingerprint density at radius 2 is 1.94 bits per heavy atom. The molecule has 1 aliphatic heterocycles. The predicted molar refractivity (Wildman–Crippen MR) is 74.7 cm³/mol. The lowest BCUT2D eigenvalue weighted by Gasteiger charge is -2.31. The van der Waals surface area contributed by atoms with Gasteiger partial charge < -0.3 is 9.55 Å². The van der Waals surface area contributed by atoms with E-state index < -0.39 is 0 Å². The van der Waals surface area contributed by atoms with Crippen LogP contribution in [0.2, 0.25) is 13.6 Å². The van der Waals surface area contributed by atoms with Gasteiger partial charge in [-0.15, -0.1) is 0 Å². The Morgan fingerprint density at radius 1 is 1.28 bits per heavy atom. The van der Waals surface area contributed by atoms with E-state index in [2.05, 4.69) is 18.5 Å². The minimum Gasteiger partial charge on any atom is -0.459 e. The SMILES string of the molecule is CB(C)N1C[C@@H]2CCC[C@@H]2[C@H]1C(=O)OC(C)(C)C. The van der Waals surface area contributed by atoms with Crippen molar-refractivity contribution in [1.29, 1.82) is 0 Å². The van der Waals surface area contributed by atoms with Crippen molar-refractivity contribution in [2.24, 2.45) is 11.8 Å². The summed E-state index contributed by atoms with van der Waals surface area (Å²) in [6, 6.07) is -0.00303. The highest BCUT2D eigenvalue weighted by Gasteiger charge is 2.49. The van der Waals surface area contributed by atoms with Gasteiger partial charge in [0, 0.05) is 0 Å². The first-order valence-electron chi connectivity index (χ1n) is 7.28. The first-order valence-corrected chi connectivity index (χ1v) is 7.28. The van der Waals surface area contributed by atoms with Crippen LogP contribution in [-0.2, 0) is 9.53 Å². The Kier molecular flexibility index (Phi) is 3.77. The molecule has 2 fully saturated rings. The number of esters is 1. The maximum Gasteiger partial charge on any atom is 0.323 e. The first kappa shape index (κ1) is 13.9. The molecular weight excluding hydrogens is 225 g/mol. The highest BCUT2D eigenvalue weighted by atomic mass is 16.6. The van der Waals surface area contributed by atoms with E-state index in [9.17, 15) is 4.79 Å². The van der Waals surface area contributed by atoms with Gasteiger partial charge in [-0.1, -0.05) is 20.1 Å². The average molecular weight is 251 g/mol. The molecule has 1 saturated heterocycles. The first-order chi connectivity index (χ1) is 8.29. The summed E-state index contributed by atoms with van der Waals surface area (Å²) >= 11 is 0. The smallest absolute Gasteiger partial charge is 0.323 e. The molecule has 1 heterocycles. The normalized spacial score (nSPS) is 32.4. The second-order valence-corrected chi connectivity index (χ2v) is 7.12. The summed E-state index contributed by atoms with van der Waals surface area (Å²) in [6.45, 7) is 11.7. The highest BCUT2D eigenvalue weighted by molar-refractivity contribution is 6.53. The molecule has 1 aliphatic carbocycles. The van der Waals surface area contributed by atoms with E-state index in [1.807, 2.05) is 20.8 Å². The van der Waals surface area contributed by atoms with Gasteiger partial charge in [-0.3, -0.25) is 4.79 Å². The monoisotopic (exact) mass is 251 g/mol. The largest absolute Gasteiger partial charge is 0.459 e. The summed E-state index contributed by atoms with van der Waals surface area (Å²) < 4.78 is 5.63. The number of carbonyl (C=O) groups excluding carboxylic acids is 1. The van der Waals surface area contributed by atoms with Gasteiger partial charge in [-0.25, -0.2) is 0 Å². The summed E-state index contributed by atoms with van der Waals surface area (Å²) in [6.07, 6.45) is 3.76. The van der Waals surface area contributed by atoms with Crippen LogP contribution in [-0.4, -0.2) is 35.8 Å². The summed E-state index contributed by atoms with van der Waals surface area (Å²) in [7, 11) is 0. The standard InChI is InChI=1S/C14H26BNO2/c1-14(2,3)18-13(17)12-11-8-6-7-10(11)9-16(12)15(4)5/h10-12H,6-9H2,1-5H3/t10-,11-,12-/m0/s1. The zero-order chi connectivity index (χ0) is 13.5. The van der Waals surface area contributed by atoms with Crippen molar-refractivity contribution in [2.45, 2.75) is 65.3 Å². The van der Waals surface area contributed by atoms with Crippen molar-refractivity contribution in [2.75, 3.05) is 6.54 Å². The minimum absolute atomic E-state index is 0.00303. The third-order valence-electron chi connectivity index (χ3n) is 4.24. The van der Waals surface area contributed by atoms with Crippen molar-refractivity contribution < 1.29 is 9.53 Å². The van der Waals surface area contributed by atoms with E-state index in [0.717, 1.165) is 6.54 Å². The van der Waals surface area contributed by atoms with Gasteiger partial charge in [0.1, 0.15) is 11.6 Å². The van der Waals surface area contributed by atoms with Gasteiger partial charge in [0.15, 0.2) is 0 Å². The fourth-order valence-corrected chi connectivity index (χ4v) is 3.54. The molecular formula is C14H26BNO2. The van der Waals surface area contributed by atoms with Crippen molar-refractivity contribution in [3.8, 4) is 0 Å². The maximum atomic E-state index is 12.5. The second kappa shape index (κ2) is 4.88. The van der Waals surface area contributed by atoms with Crippen molar-refractivity contribution in [3.63, 3.8) is 0 Å². The van der Waals surface area contributed by atoms with Crippen LogP contribution < -0.4 is 0 Å². The Labute approximate surface area is 111 Å². The second-order valence-electron chi connectivity index (χ2n) is 7.12. The molecule has 18 heavy (non-hydrogen) atoms. The average Bonchev–Trinajstić information content (AvgIpc) is 2.70. The van der Waals surface area contributed by atoms with Gasteiger partial charge >= 0.3 is 5.97 Å². The fourth-order valence-electron chi connectivity index (χ4n) is 3.54. The van der Waals surface area contributed by atoms with Crippen LogP contribution in [0.5, 0.6) is 0 Å². The van der Waals surface area contributed by atoms with E-state index in [1.165, 1.54) is 19.3 Å². The van der Waals surface area contributed by atoms with Crippen LogP contribution in [0.1, 0.15) is 40.0 Å². The van der Waals surface area contributed by atoms with Crippen LogP contribution in [0.3, 0.4) is 0 Å². The van der Waals surface area contributed by atoms with Crippen molar-refractivity contribution in [3.05, 3.63) is 0 Å². The molecule has 0 bridgehead atoms. The summed E-state index contributed by atoms with van der Waals surface area (Å²) in [5.41, 5.74) is -0.379. The molecule has 3 atom stereocenters. The molecule has 0 unspecified atom stereocenters. The van der Waals surface area contributed by atoms with Crippen LogP contribution in [0.4, 0.5) is 0 Å². The molecule has 2 rings (SSSR count). The molecule has 3 nitrogen and oxygen atoms in total. The number of rotatable bonds is 2. The molecule has 1 saturated carbocycles. The fraction of sp³-hybridized carbons (Fsp3) is 0.929. The number of nitrogens with zero attached hydrogens (tertiary/aromatic N) is 1.